The van der Waals surface area contributed by atoms with Gasteiger partial charge in [0, 0.05) is 15.6 Å². The number of rotatable bonds is 2. The van der Waals surface area contributed by atoms with Crippen molar-refractivity contribution in [2.24, 2.45) is 0 Å². The number of ketones is 1. The van der Waals surface area contributed by atoms with Gasteiger partial charge in [-0.15, -0.1) is 0 Å². The number of halogens is 1. The molecule has 0 aliphatic rings. The molecular formula is C10H9BrO2. The van der Waals surface area contributed by atoms with Crippen molar-refractivity contribution in [2.45, 2.75) is 13.8 Å². The molecule has 1 rings (SSSR count). The van der Waals surface area contributed by atoms with Crippen LogP contribution in [0.3, 0.4) is 0 Å². The molecule has 13 heavy (non-hydrogen) atoms. The summed E-state index contributed by atoms with van der Waals surface area (Å²) in [6.07, 6.45) is 0.732. The minimum absolute atomic E-state index is 0.0342. The fourth-order valence-corrected chi connectivity index (χ4v) is 2.03. The Morgan fingerprint density at radius 2 is 2.08 bits per heavy atom. The van der Waals surface area contributed by atoms with Crippen LogP contribution < -0.4 is 0 Å². The van der Waals surface area contributed by atoms with Gasteiger partial charge in [-0.05, 0) is 35.3 Å². The molecule has 68 valence electrons. The van der Waals surface area contributed by atoms with E-state index in [0.29, 0.717) is 15.6 Å². The third-order valence-corrected chi connectivity index (χ3v) is 2.71. The van der Waals surface area contributed by atoms with Crippen molar-refractivity contribution in [1.82, 2.24) is 0 Å². The van der Waals surface area contributed by atoms with Gasteiger partial charge >= 0.3 is 0 Å². The smallest absolute Gasteiger partial charge is 0.161 e. The largest absolute Gasteiger partial charge is 0.298 e. The normalized spacial score (nSPS) is 9.77. The van der Waals surface area contributed by atoms with Gasteiger partial charge in [-0.2, -0.15) is 0 Å². The third-order valence-electron chi connectivity index (χ3n) is 1.86. The van der Waals surface area contributed by atoms with Crippen LogP contribution >= 0.6 is 15.9 Å². The molecule has 0 bridgehead atoms. The summed E-state index contributed by atoms with van der Waals surface area (Å²) in [5.41, 5.74) is 1.98. The van der Waals surface area contributed by atoms with Crippen LogP contribution in [0.4, 0.5) is 0 Å². The minimum Gasteiger partial charge on any atom is -0.298 e. The average molecular weight is 241 g/mol. The number of carbonyl (C=O) groups is 2. The molecule has 0 amide bonds. The topological polar surface area (TPSA) is 34.1 Å². The molecule has 0 unspecified atom stereocenters. The van der Waals surface area contributed by atoms with Crippen molar-refractivity contribution in [2.75, 3.05) is 0 Å². The zero-order valence-corrected chi connectivity index (χ0v) is 9.01. The summed E-state index contributed by atoms with van der Waals surface area (Å²) in [5, 5.41) is 0. The Morgan fingerprint density at radius 1 is 1.46 bits per heavy atom. The number of benzene rings is 1. The lowest BCUT2D eigenvalue weighted by Gasteiger charge is -2.06. The van der Waals surface area contributed by atoms with Gasteiger partial charge in [0.05, 0.1) is 0 Å². The van der Waals surface area contributed by atoms with Crippen molar-refractivity contribution < 1.29 is 9.59 Å². The molecule has 0 aliphatic carbocycles. The van der Waals surface area contributed by atoms with Gasteiger partial charge < -0.3 is 0 Å². The van der Waals surface area contributed by atoms with E-state index in [1.807, 2.05) is 6.92 Å². The SMILES string of the molecule is CC(=O)c1c(C)ccc(C=O)c1Br. The lowest BCUT2D eigenvalue weighted by atomic mass is 10.0. The molecule has 1 aromatic carbocycles. The zero-order chi connectivity index (χ0) is 10.0. The summed E-state index contributed by atoms with van der Waals surface area (Å²) in [7, 11) is 0. The molecule has 0 saturated carbocycles. The predicted octanol–water partition coefficient (Wildman–Crippen LogP) is 2.77. The number of carbonyl (C=O) groups excluding carboxylic acids is 2. The van der Waals surface area contributed by atoms with Crippen LogP contribution in [-0.2, 0) is 0 Å². The second-order valence-electron chi connectivity index (χ2n) is 2.83. The maximum absolute atomic E-state index is 11.2. The van der Waals surface area contributed by atoms with Gasteiger partial charge in [-0.3, -0.25) is 9.59 Å². The second kappa shape index (κ2) is 3.83. The van der Waals surface area contributed by atoms with Crippen LogP contribution in [-0.4, -0.2) is 12.1 Å². The first-order valence-corrected chi connectivity index (χ1v) is 4.62. The van der Waals surface area contributed by atoms with E-state index in [0.717, 1.165) is 11.8 Å². The van der Waals surface area contributed by atoms with Crippen molar-refractivity contribution in [3.63, 3.8) is 0 Å². The Hall–Kier alpha value is -0.960. The first-order valence-electron chi connectivity index (χ1n) is 3.83. The lowest BCUT2D eigenvalue weighted by Crippen LogP contribution is -2.00. The molecule has 0 saturated heterocycles. The van der Waals surface area contributed by atoms with Gasteiger partial charge in [0.15, 0.2) is 12.1 Å². The number of hydrogen-bond acceptors (Lipinski definition) is 2. The summed E-state index contributed by atoms with van der Waals surface area (Å²) in [6.45, 7) is 3.33. The van der Waals surface area contributed by atoms with E-state index in [1.54, 1.807) is 12.1 Å². The standard InChI is InChI=1S/C10H9BrO2/c1-6-3-4-8(5-12)10(11)9(6)7(2)13/h3-5H,1-2H3. The fraction of sp³-hybridized carbons (Fsp3) is 0.200. The Kier molecular flexibility index (Phi) is 2.98. The van der Waals surface area contributed by atoms with Crippen LogP contribution in [0.15, 0.2) is 16.6 Å². The summed E-state index contributed by atoms with van der Waals surface area (Å²) in [5.74, 6) is -0.0342. The molecule has 1 aromatic rings. The minimum atomic E-state index is -0.0342. The Bertz CT molecular complexity index is 369. The van der Waals surface area contributed by atoms with E-state index in [9.17, 15) is 9.59 Å². The van der Waals surface area contributed by atoms with Crippen LogP contribution in [0.2, 0.25) is 0 Å². The molecule has 0 radical (unpaired) electrons. The van der Waals surface area contributed by atoms with Gasteiger partial charge in [0.1, 0.15) is 0 Å². The average Bonchev–Trinajstić information content (AvgIpc) is 2.04. The number of Topliss-reactive ketones (excluding diaryl/α,β-unsaturated/α-hetero) is 1. The Labute approximate surface area is 85.1 Å². The fourth-order valence-electron chi connectivity index (χ4n) is 1.21. The molecule has 0 fully saturated rings. The molecule has 0 atom stereocenters. The molecule has 0 aliphatic heterocycles. The molecule has 2 nitrogen and oxygen atoms in total. The van der Waals surface area contributed by atoms with E-state index < -0.39 is 0 Å². The first kappa shape index (κ1) is 10.1. The summed E-state index contributed by atoms with van der Waals surface area (Å²) >= 11 is 3.24. The predicted molar refractivity (Wildman–Crippen MR) is 54.3 cm³/mol. The maximum Gasteiger partial charge on any atom is 0.161 e. The molecular weight excluding hydrogens is 232 g/mol. The van der Waals surface area contributed by atoms with Crippen molar-refractivity contribution in [1.29, 1.82) is 0 Å². The molecule has 0 spiro atoms. The quantitative estimate of drug-likeness (QED) is 0.589. The number of aldehydes is 1. The zero-order valence-electron chi connectivity index (χ0n) is 7.43. The van der Waals surface area contributed by atoms with Crippen LogP contribution in [0.25, 0.3) is 0 Å². The molecule has 3 heteroatoms. The second-order valence-corrected chi connectivity index (χ2v) is 3.63. The summed E-state index contributed by atoms with van der Waals surface area (Å²) in [6, 6.07) is 3.46. The lowest BCUT2D eigenvalue weighted by molar-refractivity contribution is 0.101. The van der Waals surface area contributed by atoms with Crippen molar-refractivity contribution >= 4 is 28.0 Å². The van der Waals surface area contributed by atoms with E-state index in [-0.39, 0.29) is 5.78 Å². The van der Waals surface area contributed by atoms with Gasteiger partial charge in [0.2, 0.25) is 0 Å². The highest BCUT2D eigenvalue weighted by Gasteiger charge is 2.11. The van der Waals surface area contributed by atoms with Crippen molar-refractivity contribution in [3.8, 4) is 0 Å². The third kappa shape index (κ3) is 1.86. The summed E-state index contributed by atoms with van der Waals surface area (Å²) in [4.78, 5) is 21.8. The van der Waals surface area contributed by atoms with E-state index in [1.165, 1.54) is 6.92 Å². The highest BCUT2D eigenvalue weighted by atomic mass is 79.9. The Balaban J connectivity index is 3.47. The first-order chi connectivity index (χ1) is 6.07. The number of aryl methyl sites for hydroxylation is 1. The summed E-state index contributed by atoms with van der Waals surface area (Å²) < 4.78 is 0.593. The van der Waals surface area contributed by atoms with Gasteiger partial charge in [0.25, 0.3) is 0 Å². The van der Waals surface area contributed by atoms with E-state index >= 15 is 0 Å². The van der Waals surface area contributed by atoms with Gasteiger partial charge in [-0.25, -0.2) is 0 Å². The van der Waals surface area contributed by atoms with Crippen LogP contribution in [0.1, 0.15) is 33.2 Å². The van der Waals surface area contributed by atoms with E-state index in [4.69, 9.17) is 0 Å². The molecule has 0 N–H and O–H groups in total. The van der Waals surface area contributed by atoms with Gasteiger partial charge in [-0.1, -0.05) is 12.1 Å². The Morgan fingerprint density at radius 3 is 2.54 bits per heavy atom. The highest BCUT2D eigenvalue weighted by Crippen LogP contribution is 2.24. The highest BCUT2D eigenvalue weighted by molar-refractivity contribution is 9.10. The molecule has 0 aromatic heterocycles. The van der Waals surface area contributed by atoms with Crippen molar-refractivity contribution in [3.05, 3.63) is 33.3 Å². The molecule has 0 heterocycles. The van der Waals surface area contributed by atoms with Crippen LogP contribution in [0, 0.1) is 6.92 Å². The monoisotopic (exact) mass is 240 g/mol. The number of hydrogen-bond donors (Lipinski definition) is 0. The van der Waals surface area contributed by atoms with Crippen LogP contribution in [0.5, 0.6) is 0 Å². The van der Waals surface area contributed by atoms with E-state index in [2.05, 4.69) is 15.9 Å². The maximum atomic E-state index is 11.2.